The van der Waals surface area contributed by atoms with Crippen molar-refractivity contribution >= 4 is 11.8 Å². The molecule has 1 atom stereocenters. The third-order valence-electron chi connectivity index (χ3n) is 2.68. The first kappa shape index (κ1) is 13.3. The molecule has 0 aliphatic heterocycles. The van der Waals surface area contributed by atoms with Crippen molar-refractivity contribution in [2.45, 2.75) is 30.7 Å². The molecule has 0 spiro atoms. The van der Waals surface area contributed by atoms with E-state index in [4.69, 9.17) is 0 Å². The Balaban J connectivity index is 2.52. The largest absolute Gasteiger partial charge is 0.310 e. The lowest BCUT2D eigenvalue weighted by molar-refractivity contribution is 0.522. The first-order valence-corrected chi connectivity index (χ1v) is 6.99. The van der Waals surface area contributed by atoms with Crippen molar-refractivity contribution in [3.63, 3.8) is 0 Å². The first-order chi connectivity index (χ1) is 7.80. The predicted octanol–water partition coefficient (Wildman–Crippen LogP) is 3.51. The standard InChI is InChI=1S/C14H21NS/c1-4-10-15-13(5-2)11-12-6-8-14(16-3)9-7-12/h4,6-9,13,15H,1,5,10-11H2,2-3H3. The summed E-state index contributed by atoms with van der Waals surface area (Å²) >= 11 is 1.79. The molecule has 0 aromatic heterocycles. The number of hydrogen-bond donors (Lipinski definition) is 1. The third-order valence-corrected chi connectivity index (χ3v) is 3.43. The molecule has 0 aliphatic rings. The van der Waals surface area contributed by atoms with E-state index in [-0.39, 0.29) is 0 Å². The molecule has 0 amide bonds. The normalized spacial score (nSPS) is 12.4. The second-order valence-electron chi connectivity index (χ2n) is 3.85. The van der Waals surface area contributed by atoms with E-state index in [9.17, 15) is 0 Å². The van der Waals surface area contributed by atoms with Crippen molar-refractivity contribution in [1.82, 2.24) is 5.32 Å². The average Bonchev–Trinajstić information content (AvgIpc) is 2.35. The van der Waals surface area contributed by atoms with Crippen LogP contribution in [0.3, 0.4) is 0 Å². The topological polar surface area (TPSA) is 12.0 Å². The van der Waals surface area contributed by atoms with Crippen LogP contribution in [0.1, 0.15) is 18.9 Å². The van der Waals surface area contributed by atoms with Crippen molar-refractivity contribution in [3.8, 4) is 0 Å². The summed E-state index contributed by atoms with van der Waals surface area (Å²) in [5, 5.41) is 3.47. The highest BCUT2D eigenvalue weighted by molar-refractivity contribution is 7.98. The van der Waals surface area contributed by atoms with Crippen molar-refractivity contribution in [2.24, 2.45) is 0 Å². The zero-order valence-corrected chi connectivity index (χ0v) is 11.0. The Bertz CT molecular complexity index is 305. The van der Waals surface area contributed by atoms with Gasteiger partial charge in [-0.1, -0.05) is 25.1 Å². The summed E-state index contributed by atoms with van der Waals surface area (Å²) in [6.07, 6.45) is 6.27. The summed E-state index contributed by atoms with van der Waals surface area (Å²) in [6, 6.07) is 9.40. The van der Waals surface area contributed by atoms with Gasteiger partial charge in [0, 0.05) is 17.5 Å². The molecule has 1 unspecified atom stereocenters. The van der Waals surface area contributed by atoms with Gasteiger partial charge < -0.3 is 5.32 Å². The molecule has 0 heterocycles. The lowest BCUT2D eigenvalue weighted by Crippen LogP contribution is -2.30. The van der Waals surface area contributed by atoms with Crippen LogP contribution < -0.4 is 5.32 Å². The summed E-state index contributed by atoms with van der Waals surface area (Å²) in [7, 11) is 0. The van der Waals surface area contributed by atoms with Gasteiger partial charge in [-0.2, -0.15) is 0 Å². The Labute approximate surface area is 103 Å². The Kier molecular flexibility index (Phi) is 6.27. The lowest BCUT2D eigenvalue weighted by atomic mass is 10.0. The molecule has 2 heteroatoms. The van der Waals surface area contributed by atoms with Crippen molar-refractivity contribution in [3.05, 3.63) is 42.5 Å². The molecule has 88 valence electrons. The maximum atomic E-state index is 3.73. The molecular weight excluding hydrogens is 214 g/mol. The molecule has 16 heavy (non-hydrogen) atoms. The molecule has 0 saturated carbocycles. The molecule has 0 saturated heterocycles. The van der Waals surface area contributed by atoms with Gasteiger partial charge in [-0.25, -0.2) is 0 Å². The summed E-state index contributed by atoms with van der Waals surface area (Å²) in [4.78, 5) is 1.33. The minimum atomic E-state index is 0.554. The third kappa shape index (κ3) is 4.42. The minimum absolute atomic E-state index is 0.554. The fourth-order valence-corrected chi connectivity index (χ4v) is 2.07. The molecule has 1 rings (SSSR count). The van der Waals surface area contributed by atoms with Crippen LogP contribution in [0.25, 0.3) is 0 Å². The first-order valence-electron chi connectivity index (χ1n) is 5.77. The number of rotatable bonds is 7. The smallest absolute Gasteiger partial charge is 0.0135 e. The Morgan fingerprint density at radius 2 is 2.06 bits per heavy atom. The SMILES string of the molecule is C=CCNC(CC)Cc1ccc(SC)cc1. The van der Waals surface area contributed by atoms with Crippen LogP contribution in [-0.2, 0) is 6.42 Å². The van der Waals surface area contributed by atoms with Gasteiger partial charge in [0.1, 0.15) is 0 Å². The maximum Gasteiger partial charge on any atom is 0.0135 e. The summed E-state index contributed by atoms with van der Waals surface area (Å²) in [5.41, 5.74) is 1.40. The summed E-state index contributed by atoms with van der Waals surface area (Å²) in [5.74, 6) is 0. The van der Waals surface area contributed by atoms with E-state index in [1.165, 1.54) is 10.5 Å². The van der Waals surface area contributed by atoms with Crippen molar-refractivity contribution in [1.29, 1.82) is 0 Å². The zero-order chi connectivity index (χ0) is 11.8. The van der Waals surface area contributed by atoms with E-state index < -0.39 is 0 Å². The highest BCUT2D eigenvalue weighted by Gasteiger charge is 2.05. The summed E-state index contributed by atoms with van der Waals surface area (Å²) < 4.78 is 0. The van der Waals surface area contributed by atoms with E-state index in [0.717, 1.165) is 19.4 Å². The van der Waals surface area contributed by atoms with Gasteiger partial charge in [-0.3, -0.25) is 0 Å². The van der Waals surface area contributed by atoms with Crippen molar-refractivity contribution in [2.75, 3.05) is 12.8 Å². The Hall–Kier alpha value is -0.730. The number of benzene rings is 1. The molecule has 1 N–H and O–H groups in total. The predicted molar refractivity (Wildman–Crippen MR) is 74.2 cm³/mol. The van der Waals surface area contributed by atoms with Crippen LogP contribution in [0, 0.1) is 0 Å². The molecule has 0 radical (unpaired) electrons. The minimum Gasteiger partial charge on any atom is -0.310 e. The molecule has 0 aliphatic carbocycles. The molecule has 1 nitrogen and oxygen atoms in total. The van der Waals surface area contributed by atoms with Gasteiger partial charge in [0.15, 0.2) is 0 Å². The Morgan fingerprint density at radius 3 is 2.56 bits per heavy atom. The van der Waals surface area contributed by atoms with Gasteiger partial charge in [-0.15, -0.1) is 18.3 Å². The number of nitrogens with one attached hydrogen (secondary N) is 1. The fourth-order valence-electron chi connectivity index (χ4n) is 1.66. The van der Waals surface area contributed by atoms with E-state index >= 15 is 0 Å². The fraction of sp³-hybridized carbons (Fsp3) is 0.429. The second-order valence-corrected chi connectivity index (χ2v) is 4.73. The van der Waals surface area contributed by atoms with Crippen LogP contribution >= 0.6 is 11.8 Å². The zero-order valence-electron chi connectivity index (χ0n) is 10.2. The van der Waals surface area contributed by atoms with Gasteiger partial charge in [0.05, 0.1) is 0 Å². The van der Waals surface area contributed by atoms with Crippen LogP contribution in [0.2, 0.25) is 0 Å². The highest BCUT2D eigenvalue weighted by Crippen LogP contribution is 2.16. The van der Waals surface area contributed by atoms with E-state index in [1.807, 2.05) is 6.08 Å². The summed E-state index contributed by atoms with van der Waals surface area (Å²) in [6.45, 7) is 6.84. The van der Waals surface area contributed by atoms with Gasteiger partial charge in [-0.05, 0) is 36.8 Å². The quantitative estimate of drug-likeness (QED) is 0.573. The monoisotopic (exact) mass is 235 g/mol. The van der Waals surface area contributed by atoms with Crippen LogP contribution in [0.5, 0.6) is 0 Å². The van der Waals surface area contributed by atoms with E-state index in [2.05, 4.69) is 49.3 Å². The van der Waals surface area contributed by atoms with Crippen LogP contribution in [0.4, 0.5) is 0 Å². The van der Waals surface area contributed by atoms with Gasteiger partial charge in [0.25, 0.3) is 0 Å². The molecule has 0 bridgehead atoms. The van der Waals surface area contributed by atoms with E-state index in [1.54, 1.807) is 11.8 Å². The maximum absolute atomic E-state index is 3.73. The second kappa shape index (κ2) is 7.53. The molecule has 1 aromatic carbocycles. The molecule has 0 fully saturated rings. The Morgan fingerprint density at radius 1 is 1.38 bits per heavy atom. The molecule has 1 aromatic rings. The average molecular weight is 235 g/mol. The van der Waals surface area contributed by atoms with Crippen LogP contribution in [-0.4, -0.2) is 18.8 Å². The highest BCUT2D eigenvalue weighted by atomic mass is 32.2. The molecular formula is C14H21NS. The van der Waals surface area contributed by atoms with Gasteiger partial charge in [0.2, 0.25) is 0 Å². The van der Waals surface area contributed by atoms with E-state index in [0.29, 0.717) is 6.04 Å². The lowest BCUT2D eigenvalue weighted by Gasteiger charge is -2.15. The van der Waals surface area contributed by atoms with Crippen LogP contribution in [0.15, 0.2) is 41.8 Å². The number of hydrogen-bond acceptors (Lipinski definition) is 2. The number of thioether (sulfide) groups is 1. The van der Waals surface area contributed by atoms with Crippen molar-refractivity contribution < 1.29 is 0 Å². The van der Waals surface area contributed by atoms with Gasteiger partial charge >= 0.3 is 0 Å².